The van der Waals surface area contributed by atoms with Crippen LogP contribution < -0.4 is 10.1 Å². The molecule has 3 aromatic carbocycles. The molecule has 156 valence electrons. The second-order valence-electron chi connectivity index (χ2n) is 6.74. The van der Waals surface area contributed by atoms with E-state index in [0.29, 0.717) is 27.0 Å². The Bertz CT molecular complexity index is 1150. The van der Waals surface area contributed by atoms with Gasteiger partial charge in [0.1, 0.15) is 29.8 Å². The summed E-state index contributed by atoms with van der Waals surface area (Å²) in [6.07, 6.45) is 2.41. The van der Waals surface area contributed by atoms with Crippen LogP contribution in [-0.2, 0) is 17.8 Å². The summed E-state index contributed by atoms with van der Waals surface area (Å²) < 4.78 is 20.1. The van der Waals surface area contributed by atoms with Crippen LogP contribution in [0.1, 0.15) is 23.6 Å². The number of hydrogen-bond donors (Lipinski definition) is 1. The lowest BCUT2D eigenvalue weighted by Gasteiger charge is -2.10. The number of rotatable bonds is 7. The Morgan fingerprint density at radius 1 is 1.16 bits per heavy atom. The predicted molar refractivity (Wildman–Crippen MR) is 123 cm³/mol. The fourth-order valence-corrected chi connectivity index (χ4v) is 3.34. The van der Waals surface area contributed by atoms with Crippen LogP contribution in [0.2, 0.25) is 0 Å². The quantitative estimate of drug-likeness (QED) is 0.321. The Morgan fingerprint density at radius 2 is 1.90 bits per heavy atom. The third kappa shape index (κ3) is 6.03. The maximum atomic E-state index is 13.7. The van der Waals surface area contributed by atoms with E-state index < -0.39 is 5.91 Å². The predicted octanol–water partition coefficient (Wildman–Crippen LogP) is 6.28. The van der Waals surface area contributed by atoms with Crippen molar-refractivity contribution >= 4 is 33.6 Å². The van der Waals surface area contributed by atoms with Crippen LogP contribution in [0.3, 0.4) is 0 Å². The lowest BCUT2D eigenvalue weighted by Crippen LogP contribution is -2.13. The van der Waals surface area contributed by atoms with Crippen molar-refractivity contribution in [2.24, 2.45) is 0 Å². The molecule has 0 unspecified atom stereocenters. The molecular formula is C25H20BrFN2O2. The molecule has 1 amide bonds. The average Bonchev–Trinajstić information content (AvgIpc) is 2.78. The highest BCUT2D eigenvalue weighted by atomic mass is 79.9. The number of nitrogens with zero attached hydrogens (tertiary/aromatic N) is 1. The summed E-state index contributed by atoms with van der Waals surface area (Å²) in [5.74, 6) is -0.283. The van der Waals surface area contributed by atoms with Crippen LogP contribution in [0.4, 0.5) is 10.1 Å². The Kier molecular flexibility index (Phi) is 7.58. The SMILES string of the molecule is CCc1ccc(NC(=O)/C(C#N)=C/c2ccc(OCc3ccccc3F)c(Br)c2)cc1. The van der Waals surface area contributed by atoms with Crippen LogP contribution >= 0.6 is 15.9 Å². The van der Waals surface area contributed by atoms with E-state index in [1.54, 1.807) is 36.4 Å². The normalized spacial score (nSPS) is 11.0. The van der Waals surface area contributed by atoms with Crippen molar-refractivity contribution in [3.05, 3.63) is 99.3 Å². The first-order valence-electron chi connectivity index (χ1n) is 9.68. The van der Waals surface area contributed by atoms with Crippen molar-refractivity contribution in [3.63, 3.8) is 0 Å². The van der Waals surface area contributed by atoms with Gasteiger partial charge in [-0.15, -0.1) is 0 Å². The number of carbonyl (C=O) groups is 1. The van der Waals surface area contributed by atoms with Crippen LogP contribution in [0.5, 0.6) is 5.75 Å². The second kappa shape index (κ2) is 10.6. The van der Waals surface area contributed by atoms with Crippen molar-refractivity contribution in [1.82, 2.24) is 0 Å². The van der Waals surface area contributed by atoms with Crippen molar-refractivity contribution in [1.29, 1.82) is 5.26 Å². The Morgan fingerprint density at radius 3 is 2.55 bits per heavy atom. The molecule has 3 rings (SSSR count). The topological polar surface area (TPSA) is 62.1 Å². The molecule has 3 aromatic rings. The first-order chi connectivity index (χ1) is 15.0. The Hall–Kier alpha value is -3.43. The highest BCUT2D eigenvalue weighted by Gasteiger charge is 2.11. The molecule has 0 saturated heterocycles. The van der Waals surface area contributed by atoms with E-state index in [2.05, 4.69) is 28.2 Å². The Labute approximate surface area is 189 Å². The number of nitrogens with one attached hydrogen (secondary N) is 1. The van der Waals surface area contributed by atoms with Crippen molar-refractivity contribution in [3.8, 4) is 11.8 Å². The summed E-state index contributed by atoms with van der Waals surface area (Å²) in [6.45, 7) is 2.14. The summed E-state index contributed by atoms with van der Waals surface area (Å²) in [6, 6.07) is 21.0. The number of nitriles is 1. The minimum Gasteiger partial charge on any atom is -0.488 e. The van der Waals surface area contributed by atoms with Crippen LogP contribution in [0.15, 0.2) is 76.8 Å². The van der Waals surface area contributed by atoms with Crippen LogP contribution in [0.25, 0.3) is 6.08 Å². The number of benzene rings is 3. The number of amides is 1. The van der Waals surface area contributed by atoms with Crippen LogP contribution in [0, 0.1) is 17.1 Å². The number of anilines is 1. The molecular weight excluding hydrogens is 459 g/mol. The summed E-state index contributed by atoms with van der Waals surface area (Å²) >= 11 is 3.42. The maximum Gasteiger partial charge on any atom is 0.266 e. The molecule has 0 radical (unpaired) electrons. The maximum absolute atomic E-state index is 13.7. The van der Waals surface area contributed by atoms with E-state index in [1.807, 2.05) is 30.3 Å². The fraction of sp³-hybridized carbons (Fsp3) is 0.120. The van der Waals surface area contributed by atoms with Gasteiger partial charge in [0.25, 0.3) is 5.91 Å². The average molecular weight is 479 g/mol. The molecule has 6 heteroatoms. The zero-order valence-corrected chi connectivity index (χ0v) is 18.4. The van der Waals surface area contributed by atoms with Gasteiger partial charge in [0.2, 0.25) is 0 Å². The molecule has 0 spiro atoms. The van der Waals surface area contributed by atoms with Gasteiger partial charge in [-0.2, -0.15) is 5.26 Å². The molecule has 4 nitrogen and oxygen atoms in total. The molecule has 0 atom stereocenters. The summed E-state index contributed by atoms with van der Waals surface area (Å²) in [7, 11) is 0. The molecule has 0 aliphatic heterocycles. The highest BCUT2D eigenvalue weighted by molar-refractivity contribution is 9.10. The standard InChI is InChI=1S/C25H20BrFN2O2/c1-2-17-7-10-21(11-8-17)29-25(30)20(15-28)13-18-9-12-24(22(26)14-18)31-16-19-5-3-4-6-23(19)27/h3-14H,2,16H2,1H3,(H,29,30)/b20-13+. The van der Waals surface area contributed by atoms with Gasteiger partial charge in [-0.05, 0) is 69.9 Å². The number of hydrogen-bond acceptors (Lipinski definition) is 3. The van der Waals surface area contributed by atoms with Crippen molar-refractivity contribution in [2.75, 3.05) is 5.32 Å². The third-order valence-electron chi connectivity index (χ3n) is 4.59. The van der Waals surface area contributed by atoms with E-state index >= 15 is 0 Å². The van der Waals surface area contributed by atoms with Gasteiger partial charge >= 0.3 is 0 Å². The highest BCUT2D eigenvalue weighted by Crippen LogP contribution is 2.28. The monoisotopic (exact) mass is 478 g/mol. The minimum atomic E-state index is -0.484. The smallest absolute Gasteiger partial charge is 0.266 e. The first-order valence-corrected chi connectivity index (χ1v) is 10.5. The molecule has 0 fully saturated rings. The third-order valence-corrected chi connectivity index (χ3v) is 5.21. The van der Waals surface area contributed by atoms with Gasteiger partial charge < -0.3 is 10.1 Å². The molecule has 0 aliphatic carbocycles. The van der Waals surface area contributed by atoms with Crippen molar-refractivity contribution < 1.29 is 13.9 Å². The van der Waals surface area contributed by atoms with Gasteiger partial charge in [0, 0.05) is 11.3 Å². The molecule has 0 saturated carbocycles. The second-order valence-corrected chi connectivity index (χ2v) is 7.60. The van der Waals surface area contributed by atoms with Gasteiger partial charge in [-0.3, -0.25) is 4.79 Å². The summed E-state index contributed by atoms with van der Waals surface area (Å²) in [4.78, 5) is 12.5. The zero-order chi connectivity index (χ0) is 22.2. The number of ether oxygens (including phenoxy) is 1. The summed E-state index contributed by atoms with van der Waals surface area (Å²) in [5, 5.41) is 12.2. The summed E-state index contributed by atoms with van der Waals surface area (Å²) in [5.41, 5.74) is 2.87. The van der Waals surface area contributed by atoms with E-state index in [-0.39, 0.29) is 18.0 Å². The molecule has 1 N–H and O–H groups in total. The lowest BCUT2D eigenvalue weighted by atomic mass is 10.1. The number of carbonyl (C=O) groups excluding carboxylic acids is 1. The van der Waals surface area contributed by atoms with Crippen molar-refractivity contribution in [2.45, 2.75) is 20.0 Å². The largest absolute Gasteiger partial charge is 0.488 e. The molecule has 31 heavy (non-hydrogen) atoms. The van der Waals surface area contributed by atoms with E-state index in [0.717, 1.165) is 12.0 Å². The number of halogens is 2. The molecule has 0 aromatic heterocycles. The van der Waals surface area contributed by atoms with Gasteiger partial charge in [0.15, 0.2) is 0 Å². The van der Waals surface area contributed by atoms with Crippen LogP contribution in [-0.4, -0.2) is 5.91 Å². The number of aryl methyl sites for hydroxylation is 1. The van der Waals surface area contributed by atoms with Gasteiger partial charge in [-0.25, -0.2) is 4.39 Å². The van der Waals surface area contributed by atoms with Gasteiger partial charge in [-0.1, -0.05) is 43.3 Å². The molecule has 0 bridgehead atoms. The molecule has 0 heterocycles. The minimum absolute atomic E-state index is 0.0218. The Balaban J connectivity index is 1.70. The van der Waals surface area contributed by atoms with E-state index in [9.17, 15) is 14.4 Å². The van der Waals surface area contributed by atoms with E-state index in [1.165, 1.54) is 12.1 Å². The first kappa shape index (κ1) is 22.3. The molecule has 0 aliphatic rings. The van der Waals surface area contributed by atoms with Gasteiger partial charge in [0.05, 0.1) is 4.47 Å². The fourth-order valence-electron chi connectivity index (χ4n) is 2.83. The zero-order valence-electron chi connectivity index (χ0n) is 16.9. The lowest BCUT2D eigenvalue weighted by molar-refractivity contribution is -0.112. The van der Waals surface area contributed by atoms with E-state index in [4.69, 9.17) is 4.74 Å².